The number of hydrogen-bond donors (Lipinski definition) is 6. The monoisotopic (exact) mass is 324 g/mol. The maximum absolute atomic E-state index is 10.0. The standard InChI is InChI=1S/C12H20O10/c13-1-5-7(15)9(17)11(21-5)3-20-12(4-19-11)10(18)8(16)6(2-14)22-12/h5-10,13-18H,1-4H2/t5-,6-,7?,8?,9-,10?,11+,12-/m1/s1. The molecule has 3 aliphatic heterocycles. The molecule has 0 saturated carbocycles. The SMILES string of the molecule is OC[C@H]1O[C@]2(CO[C@@]3(CO2)O[C@H](CO)C(O)[C@H]3O)C(O)C1O. The normalized spacial score (nSPS) is 55.4. The molecule has 8 atom stereocenters. The van der Waals surface area contributed by atoms with E-state index in [-0.39, 0.29) is 0 Å². The van der Waals surface area contributed by atoms with Gasteiger partial charge in [-0.15, -0.1) is 0 Å². The zero-order valence-electron chi connectivity index (χ0n) is 11.6. The molecule has 0 radical (unpaired) electrons. The first-order valence-electron chi connectivity index (χ1n) is 6.96. The first kappa shape index (κ1) is 16.5. The van der Waals surface area contributed by atoms with E-state index in [9.17, 15) is 20.4 Å². The van der Waals surface area contributed by atoms with Crippen molar-refractivity contribution in [3.05, 3.63) is 0 Å². The van der Waals surface area contributed by atoms with Crippen LogP contribution in [0.2, 0.25) is 0 Å². The smallest absolute Gasteiger partial charge is 0.222 e. The summed E-state index contributed by atoms with van der Waals surface area (Å²) in [4.78, 5) is 0. The van der Waals surface area contributed by atoms with Crippen molar-refractivity contribution in [2.75, 3.05) is 26.4 Å². The van der Waals surface area contributed by atoms with Crippen molar-refractivity contribution in [1.82, 2.24) is 0 Å². The molecular weight excluding hydrogens is 304 g/mol. The Kier molecular flexibility index (Phi) is 4.19. The second-order valence-corrected chi connectivity index (χ2v) is 5.75. The van der Waals surface area contributed by atoms with Crippen LogP contribution in [0.3, 0.4) is 0 Å². The lowest BCUT2D eigenvalue weighted by Crippen LogP contribution is -2.62. The highest BCUT2D eigenvalue weighted by molar-refractivity contribution is 5.03. The highest BCUT2D eigenvalue weighted by atomic mass is 16.8. The Morgan fingerprint density at radius 1 is 0.727 bits per heavy atom. The van der Waals surface area contributed by atoms with Crippen LogP contribution in [-0.4, -0.2) is 105 Å². The Labute approximate surface area is 125 Å². The Morgan fingerprint density at radius 3 is 1.32 bits per heavy atom. The van der Waals surface area contributed by atoms with Crippen molar-refractivity contribution in [2.24, 2.45) is 0 Å². The van der Waals surface area contributed by atoms with E-state index in [4.69, 9.17) is 29.2 Å². The van der Waals surface area contributed by atoms with Crippen LogP contribution in [0.5, 0.6) is 0 Å². The van der Waals surface area contributed by atoms with Crippen LogP contribution >= 0.6 is 0 Å². The highest BCUT2D eigenvalue weighted by Gasteiger charge is 2.64. The van der Waals surface area contributed by atoms with Crippen molar-refractivity contribution in [2.45, 2.75) is 48.2 Å². The van der Waals surface area contributed by atoms with Gasteiger partial charge in [0.2, 0.25) is 11.6 Å². The number of aliphatic hydroxyl groups excluding tert-OH is 6. The molecule has 3 fully saturated rings. The van der Waals surface area contributed by atoms with Gasteiger partial charge in [0.15, 0.2) is 0 Å². The van der Waals surface area contributed by atoms with E-state index >= 15 is 0 Å². The summed E-state index contributed by atoms with van der Waals surface area (Å²) in [6.07, 6.45) is -7.69. The topological polar surface area (TPSA) is 158 Å². The average Bonchev–Trinajstić information content (AvgIpc) is 2.91. The zero-order chi connectivity index (χ0) is 16.1. The summed E-state index contributed by atoms with van der Waals surface area (Å²) in [6.45, 7) is -1.83. The minimum atomic E-state index is -1.69. The second kappa shape index (κ2) is 5.60. The minimum Gasteiger partial charge on any atom is -0.394 e. The molecule has 0 aromatic rings. The van der Waals surface area contributed by atoms with Gasteiger partial charge in [-0.3, -0.25) is 0 Å². The maximum atomic E-state index is 10.0. The summed E-state index contributed by atoms with van der Waals surface area (Å²) in [6, 6.07) is 0. The quantitative estimate of drug-likeness (QED) is 0.293. The molecule has 0 amide bonds. The predicted octanol–water partition coefficient (Wildman–Crippen LogP) is -4.35. The number of ether oxygens (including phenoxy) is 4. The fraction of sp³-hybridized carbons (Fsp3) is 1.00. The summed E-state index contributed by atoms with van der Waals surface area (Å²) in [7, 11) is 0. The van der Waals surface area contributed by atoms with Gasteiger partial charge in [0.25, 0.3) is 0 Å². The molecule has 10 nitrogen and oxygen atoms in total. The average molecular weight is 324 g/mol. The van der Waals surface area contributed by atoms with Gasteiger partial charge in [-0.1, -0.05) is 0 Å². The van der Waals surface area contributed by atoms with Crippen LogP contribution in [0, 0.1) is 0 Å². The van der Waals surface area contributed by atoms with Crippen LogP contribution in [0.15, 0.2) is 0 Å². The third-order valence-corrected chi connectivity index (χ3v) is 4.41. The molecule has 2 spiro atoms. The molecule has 3 heterocycles. The lowest BCUT2D eigenvalue weighted by atomic mass is 10.0. The first-order valence-corrected chi connectivity index (χ1v) is 6.96. The number of hydrogen-bond acceptors (Lipinski definition) is 10. The predicted molar refractivity (Wildman–Crippen MR) is 65.3 cm³/mol. The van der Waals surface area contributed by atoms with Crippen LogP contribution in [0.1, 0.15) is 0 Å². The lowest BCUT2D eigenvalue weighted by molar-refractivity contribution is -0.401. The molecule has 22 heavy (non-hydrogen) atoms. The van der Waals surface area contributed by atoms with Gasteiger partial charge in [-0.2, -0.15) is 0 Å². The molecule has 10 heteroatoms. The Hall–Kier alpha value is -0.400. The van der Waals surface area contributed by atoms with E-state index in [0.29, 0.717) is 0 Å². The molecule has 0 aliphatic carbocycles. The fourth-order valence-electron chi connectivity index (χ4n) is 3.02. The Bertz CT molecular complexity index is 371. The van der Waals surface area contributed by atoms with Gasteiger partial charge in [-0.25, -0.2) is 0 Å². The van der Waals surface area contributed by atoms with E-state index in [0.717, 1.165) is 0 Å². The lowest BCUT2D eigenvalue weighted by Gasteiger charge is -2.44. The molecule has 3 saturated heterocycles. The van der Waals surface area contributed by atoms with Gasteiger partial charge in [0, 0.05) is 0 Å². The Morgan fingerprint density at radius 2 is 1.09 bits per heavy atom. The maximum Gasteiger partial charge on any atom is 0.222 e. The van der Waals surface area contributed by atoms with Crippen LogP contribution < -0.4 is 0 Å². The van der Waals surface area contributed by atoms with E-state index < -0.39 is 74.6 Å². The minimum absolute atomic E-state index is 0.399. The molecule has 0 aromatic carbocycles. The largest absolute Gasteiger partial charge is 0.394 e. The molecule has 6 N–H and O–H groups in total. The Balaban J connectivity index is 1.73. The van der Waals surface area contributed by atoms with Crippen LogP contribution in [-0.2, 0) is 18.9 Å². The van der Waals surface area contributed by atoms with Gasteiger partial charge in [0.1, 0.15) is 49.8 Å². The van der Waals surface area contributed by atoms with Crippen LogP contribution in [0.25, 0.3) is 0 Å². The summed E-state index contributed by atoms with van der Waals surface area (Å²) < 4.78 is 21.6. The van der Waals surface area contributed by atoms with E-state index in [1.54, 1.807) is 0 Å². The van der Waals surface area contributed by atoms with Crippen molar-refractivity contribution in [3.63, 3.8) is 0 Å². The molecular formula is C12H20O10. The summed E-state index contributed by atoms with van der Waals surface area (Å²) in [5, 5.41) is 57.8. The van der Waals surface area contributed by atoms with Crippen molar-refractivity contribution in [3.8, 4) is 0 Å². The van der Waals surface area contributed by atoms with Crippen LogP contribution in [0.4, 0.5) is 0 Å². The molecule has 0 bridgehead atoms. The van der Waals surface area contributed by atoms with E-state index in [1.165, 1.54) is 0 Å². The first-order chi connectivity index (χ1) is 10.4. The third kappa shape index (κ3) is 2.19. The highest BCUT2D eigenvalue weighted by Crippen LogP contribution is 2.42. The molecule has 0 aromatic heterocycles. The summed E-state index contributed by atoms with van der Waals surface area (Å²) in [5.41, 5.74) is 0. The summed E-state index contributed by atoms with van der Waals surface area (Å²) >= 11 is 0. The third-order valence-electron chi connectivity index (χ3n) is 4.41. The van der Waals surface area contributed by atoms with E-state index in [2.05, 4.69) is 0 Å². The fourth-order valence-corrected chi connectivity index (χ4v) is 3.02. The van der Waals surface area contributed by atoms with Gasteiger partial charge < -0.3 is 49.6 Å². The zero-order valence-corrected chi connectivity index (χ0v) is 11.6. The van der Waals surface area contributed by atoms with Crippen molar-refractivity contribution >= 4 is 0 Å². The number of rotatable bonds is 2. The molecule has 128 valence electrons. The molecule has 3 aliphatic rings. The molecule has 3 unspecified atom stereocenters. The number of aliphatic hydroxyl groups is 6. The second-order valence-electron chi connectivity index (χ2n) is 5.75. The summed E-state index contributed by atoms with van der Waals surface area (Å²) in [5.74, 6) is -3.38. The van der Waals surface area contributed by atoms with Gasteiger partial charge >= 0.3 is 0 Å². The van der Waals surface area contributed by atoms with Crippen molar-refractivity contribution in [1.29, 1.82) is 0 Å². The van der Waals surface area contributed by atoms with Gasteiger partial charge in [0.05, 0.1) is 13.2 Å². The van der Waals surface area contributed by atoms with E-state index in [1.807, 2.05) is 0 Å². The van der Waals surface area contributed by atoms with Gasteiger partial charge in [-0.05, 0) is 0 Å². The van der Waals surface area contributed by atoms with Crippen molar-refractivity contribution < 1.29 is 49.6 Å². The molecule has 3 rings (SSSR count).